The van der Waals surface area contributed by atoms with Crippen LogP contribution >= 0.6 is 0 Å². The third kappa shape index (κ3) is 6.30. The molecule has 0 radical (unpaired) electrons. The van der Waals surface area contributed by atoms with Crippen LogP contribution in [-0.2, 0) is 4.79 Å². The summed E-state index contributed by atoms with van der Waals surface area (Å²) >= 11 is 0. The van der Waals surface area contributed by atoms with Crippen molar-refractivity contribution in [1.29, 1.82) is 0 Å². The lowest BCUT2D eigenvalue weighted by Gasteiger charge is -2.20. The zero-order valence-electron chi connectivity index (χ0n) is 11.2. The molecule has 0 saturated heterocycles. The molecule has 0 bridgehead atoms. The Morgan fingerprint density at radius 2 is 2.00 bits per heavy atom. The summed E-state index contributed by atoms with van der Waals surface area (Å²) in [5.74, 6) is -0.667. The van der Waals surface area contributed by atoms with E-state index in [1.165, 1.54) is 0 Å². The van der Waals surface area contributed by atoms with Gasteiger partial charge in [0.05, 0.1) is 0 Å². The van der Waals surface area contributed by atoms with E-state index in [2.05, 4.69) is 10.6 Å². The third-order valence-electron chi connectivity index (χ3n) is 1.94. The summed E-state index contributed by atoms with van der Waals surface area (Å²) in [6, 6.07) is 6.21. The minimum Gasteiger partial charge on any atom is -0.482 e. The number of carbonyl (C=O) groups is 2. The molecule has 3 N–H and O–H groups in total. The molecule has 0 unspecified atom stereocenters. The molecule has 0 aliphatic rings. The Hall–Kier alpha value is -2.24. The van der Waals surface area contributed by atoms with Gasteiger partial charge in [-0.25, -0.2) is 9.59 Å². The first-order chi connectivity index (χ1) is 8.76. The zero-order valence-corrected chi connectivity index (χ0v) is 11.2. The van der Waals surface area contributed by atoms with Crippen LogP contribution in [0.25, 0.3) is 0 Å². The largest absolute Gasteiger partial charge is 0.482 e. The van der Waals surface area contributed by atoms with Gasteiger partial charge in [0.25, 0.3) is 0 Å². The fourth-order valence-corrected chi connectivity index (χ4v) is 1.31. The first-order valence-corrected chi connectivity index (χ1v) is 5.80. The highest BCUT2D eigenvalue weighted by atomic mass is 16.5. The minimum atomic E-state index is -1.05. The number of carboxylic acid groups (broad SMARTS) is 1. The summed E-state index contributed by atoms with van der Waals surface area (Å²) in [7, 11) is 0. The summed E-state index contributed by atoms with van der Waals surface area (Å²) < 4.78 is 5.02. The quantitative estimate of drug-likeness (QED) is 0.778. The number of amides is 2. The average Bonchev–Trinajstić information content (AvgIpc) is 2.24. The number of hydrogen-bond donors (Lipinski definition) is 3. The highest BCUT2D eigenvalue weighted by molar-refractivity contribution is 5.89. The first kappa shape index (κ1) is 14.8. The maximum absolute atomic E-state index is 11.6. The van der Waals surface area contributed by atoms with Gasteiger partial charge in [-0.3, -0.25) is 0 Å². The van der Waals surface area contributed by atoms with E-state index in [1.54, 1.807) is 24.3 Å². The van der Waals surface area contributed by atoms with Crippen molar-refractivity contribution < 1.29 is 19.4 Å². The molecule has 19 heavy (non-hydrogen) atoms. The number of anilines is 1. The summed E-state index contributed by atoms with van der Waals surface area (Å²) in [5.41, 5.74) is 0.200. The lowest BCUT2D eigenvalue weighted by atomic mass is 10.1. The molecule has 6 nitrogen and oxygen atoms in total. The lowest BCUT2D eigenvalue weighted by Crippen LogP contribution is -2.43. The summed E-state index contributed by atoms with van der Waals surface area (Å²) in [6.45, 7) is 5.20. The van der Waals surface area contributed by atoms with Gasteiger partial charge in [0.2, 0.25) is 0 Å². The predicted molar refractivity (Wildman–Crippen MR) is 71.5 cm³/mol. The van der Waals surface area contributed by atoms with E-state index in [-0.39, 0.29) is 11.6 Å². The van der Waals surface area contributed by atoms with Gasteiger partial charge >= 0.3 is 12.0 Å². The Bertz CT molecular complexity index is 466. The van der Waals surface area contributed by atoms with Crippen LogP contribution in [-0.4, -0.2) is 29.3 Å². The number of hydrogen-bond acceptors (Lipinski definition) is 3. The van der Waals surface area contributed by atoms with Gasteiger partial charge in [0.1, 0.15) is 5.75 Å². The first-order valence-electron chi connectivity index (χ1n) is 5.80. The number of carbonyl (C=O) groups excluding carboxylic acids is 1. The lowest BCUT2D eigenvalue weighted by molar-refractivity contribution is -0.139. The fourth-order valence-electron chi connectivity index (χ4n) is 1.31. The molecular formula is C13H18N2O4. The Kier molecular flexibility index (Phi) is 4.74. The number of urea groups is 1. The van der Waals surface area contributed by atoms with Crippen LogP contribution in [0.4, 0.5) is 10.5 Å². The van der Waals surface area contributed by atoms with E-state index >= 15 is 0 Å². The van der Waals surface area contributed by atoms with E-state index in [0.29, 0.717) is 11.4 Å². The Balaban J connectivity index is 2.61. The Labute approximate surface area is 111 Å². The van der Waals surface area contributed by atoms with Gasteiger partial charge < -0.3 is 20.5 Å². The molecule has 6 heteroatoms. The Morgan fingerprint density at radius 3 is 2.58 bits per heavy atom. The van der Waals surface area contributed by atoms with Crippen LogP contribution in [0.1, 0.15) is 20.8 Å². The maximum atomic E-state index is 11.6. The molecular weight excluding hydrogens is 248 g/mol. The topological polar surface area (TPSA) is 87.7 Å². The van der Waals surface area contributed by atoms with Crippen LogP contribution in [0.15, 0.2) is 24.3 Å². The van der Waals surface area contributed by atoms with Gasteiger partial charge in [0, 0.05) is 17.3 Å². The molecule has 0 aromatic heterocycles. The van der Waals surface area contributed by atoms with Gasteiger partial charge in [-0.05, 0) is 32.9 Å². The second-order valence-corrected chi connectivity index (χ2v) is 5.04. The van der Waals surface area contributed by atoms with Crippen LogP contribution in [0, 0.1) is 0 Å². The van der Waals surface area contributed by atoms with E-state index in [1.807, 2.05) is 20.8 Å². The fraction of sp³-hybridized carbons (Fsp3) is 0.385. The highest BCUT2D eigenvalue weighted by Gasteiger charge is 2.13. The monoisotopic (exact) mass is 266 g/mol. The van der Waals surface area contributed by atoms with Gasteiger partial charge in [-0.15, -0.1) is 0 Å². The average molecular weight is 266 g/mol. The molecule has 0 heterocycles. The van der Waals surface area contributed by atoms with Crippen molar-refractivity contribution in [2.24, 2.45) is 0 Å². The molecule has 0 aliphatic carbocycles. The third-order valence-corrected chi connectivity index (χ3v) is 1.94. The normalized spacial score (nSPS) is 10.7. The summed E-state index contributed by atoms with van der Waals surface area (Å²) in [5, 5.41) is 13.9. The van der Waals surface area contributed by atoms with Crippen molar-refractivity contribution in [3.8, 4) is 5.75 Å². The number of rotatable bonds is 4. The van der Waals surface area contributed by atoms with Crippen molar-refractivity contribution in [1.82, 2.24) is 5.32 Å². The van der Waals surface area contributed by atoms with Gasteiger partial charge in [-0.1, -0.05) is 6.07 Å². The second kappa shape index (κ2) is 6.08. The van der Waals surface area contributed by atoms with Crippen molar-refractivity contribution in [2.75, 3.05) is 11.9 Å². The molecule has 0 fully saturated rings. The van der Waals surface area contributed by atoms with Crippen molar-refractivity contribution in [2.45, 2.75) is 26.3 Å². The molecule has 0 atom stereocenters. The Morgan fingerprint density at radius 1 is 1.32 bits per heavy atom. The number of benzene rings is 1. The molecule has 1 aromatic carbocycles. The van der Waals surface area contributed by atoms with Crippen LogP contribution in [0.5, 0.6) is 5.75 Å². The zero-order chi connectivity index (χ0) is 14.5. The van der Waals surface area contributed by atoms with E-state index in [0.717, 1.165) is 0 Å². The summed E-state index contributed by atoms with van der Waals surface area (Å²) in [6.07, 6.45) is 0. The second-order valence-electron chi connectivity index (χ2n) is 5.04. The van der Waals surface area contributed by atoms with Crippen LogP contribution in [0.3, 0.4) is 0 Å². The molecule has 0 saturated carbocycles. The predicted octanol–water partition coefficient (Wildman–Crippen LogP) is 2.07. The summed E-state index contributed by atoms with van der Waals surface area (Å²) in [4.78, 5) is 22.0. The van der Waals surface area contributed by atoms with E-state index in [4.69, 9.17) is 9.84 Å². The van der Waals surface area contributed by atoms with Crippen LogP contribution in [0.2, 0.25) is 0 Å². The minimum absolute atomic E-state index is 0.331. The van der Waals surface area contributed by atoms with Crippen molar-refractivity contribution in [3.05, 3.63) is 24.3 Å². The molecule has 104 valence electrons. The van der Waals surface area contributed by atoms with Gasteiger partial charge in [-0.2, -0.15) is 0 Å². The van der Waals surface area contributed by atoms with E-state index < -0.39 is 12.6 Å². The standard InChI is InChI=1S/C13H18N2O4/c1-13(2,3)15-12(18)14-9-5-4-6-10(7-9)19-8-11(16)17/h4-7H,8H2,1-3H3,(H,16,17)(H2,14,15,18). The molecule has 1 aromatic rings. The molecule has 2 amide bonds. The molecule has 1 rings (SSSR count). The SMILES string of the molecule is CC(C)(C)NC(=O)Nc1cccc(OCC(=O)O)c1. The smallest absolute Gasteiger partial charge is 0.341 e. The molecule has 0 aliphatic heterocycles. The number of aliphatic carboxylic acids is 1. The van der Waals surface area contributed by atoms with E-state index in [9.17, 15) is 9.59 Å². The number of ether oxygens (including phenoxy) is 1. The van der Waals surface area contributed by atoms with Gasteiger partial charge in [0.15, 0.2) is 6.61 Å². The maximum Gasteiger partial charge on any atom is 0.341 e. The number of carboxylic acids is 1. The number of nitrogens with one attached hydrogen (secondary N) is 2. The van der Waals surface area contributed by atoms with Crippen molar-refractivity contribution >= 4 is 17.7 Å². The molecule has 0 spiro atoms. The van der Waals surface area contributed by atoms with Crippen molar-refractivity contribution in [3.63, 3.8) is 0 Å². The highest BCUT2D eigenvalue weighted by Crippen LogP contribution is 2.17. The van der Waals surface area contributed by atoms with Crippen LogP contribution < -0.4 is 15.4 Å².